The van der Waals surface area contributed by atoms with Crippen molar-refractivity contribution >= 4 is 34.1 Å². The Balaban J connectivity index is 1.05. The molecule has 0 bridgehead atoms. The zero-order valence-corrected chi connectivity index (χ0v) is 34.8. The number of hydrogen-bond acceptors (Lipinski definition) is 2. The van der Waals surface area contributed by atoms with Crippen LogP contribution in [-0.4, -0.2) is 0 Å². The number of aryl methyl sites for hydroxylation is 2. The molecule has 4 aliphatic rings. The van der Waals surface area contributed by atoms with Gasteiger partial charge >= 0.3 is 0 Å². The molecule has 0 aromatic heterocycles. The maximum atomic E-state index is 2.59. The highest BCUT2D eigenvalue weighted by Gasteiger charge is 2.45. The lowest BCUT2D eigenvalue weighted by atomic mass is 9.76. The standard InChI is InChI=1S/C57H54N2/c1-39-54(32-31-51-55(39)49-21-13-14-22-50(49)56(51,2)3)59(46-27-23-41(24-28-46)40-15-7-4-8-16-40)48-30-26-43-34-36-57(53(43)38-48)35-33-42-25-29-47(37-52(42)57)58(44-17-9-5-10-18-44)45-19-11-6-12-20-45/h5-6,9-14,17-32,37-38,40H,4,7-8,15-16,33-36H2,1-3H3/t57-/m1/s1. The van der Waals surface area contributed by atoms with Gasteiger partial charge in [-0.3, -0.25) is 0 Å². The molecule has 1 saturated carbocycles. The van der Waals surface area contributed by atoms with Crippen LogP contribution in [0.5, 0.6) is 0 Å². The highest BCUT2D eigenvalue weighted by atomic mass is 15.1. The number of rotatable bonds is 7. The van der Waals surface area contributed by atoms with Gasteiger partial charge in [-0.2, -0.15) is 0 Å². The predicted molar refractivity (Wildman–Crippen MR) is 248 cm³/mol. The van der Waals surface area contributed by atoms with Crippen molar-refractivity contribution in [3.8, 4) is 11.1 Å². The predicted octanol–water partition coefficient (Wildman–Crippen LogP) is 15.5. The Morgan fingerprint density at radius 3 is 1.64 bits per heavy atom. The summed E-state index contributed by atoms with van der Waals surface area (Å²) < 4.78 is 0. The molecule has 0 amide bonds. The molecule has 7 aromatic carbocycles. The highest BCUT2D eigenvalue weighted by Crippen LogP contribution is 2.56. The van der Waals surface area contributed by atoms with E-state index in [-0.39, 0.29) is 10.8 Å². The summed E-state index contributed by atoms with van der Waals surface area (Å²) in [4.78, 5) is 5.01. The molecule has 2 heteroatoms. The Labute approximate surface area is 351 Å². The maximum absolute atomic E-state index is 2.59. The zero-order chi connectivity index (χ0) is 39.7. The Morgan fingerprint density at radius 1 is 0.475 bits per heavy atom. The summed E-state index contributed by atoms with van der Waals surface area (Å²) in [7, 11) is 0. The second kappa shape index (κ2) is 14.2. The molecule has 1 spiro atoms. The van der Waals surface area contributed by atoms with Crippen molar-refractivity contribution in [1.29, 1.82) is 0 Å². The number of fused-ring (bicyclic) bond motifs is 7. The number of hydrogen-bond donors (Lipinski definition) is 0. The molecule has 0 N–H and O–H groups in total. The molecule has 4 aliphatic carbocycles. The number of benzene rings is 7. The summed E-state index contributed by atoms with van der Waals surface area (Å²) in [5, 5.41) is 0. The van der Waals surface area contributed by atoms with Gasteiger partial charge in [0.15, 0.2) is 0 Å². The molecule has 0 radical (unpaired) electrons. The van der Waals surface area contributed by atoms with Crippen molar-refractivity contribution in [3.63, 3.8) is 0 Å². The van der Waals surface area contributed by atoms with Crippen LogP contribution in [0.4, 0.5) is 34.1 Å². The van der Waals surface area contributed by atoms with Crippen LogP contribution in [0.2, 0.25) is 0 Å². The van der Waals surface area contributed by atoms with E-state index in [1.165, 1.54) is 122 Å². The Bertz CT molecular complexity index is 2640. The molecule has 0 saturated heterocycles. The van der Waals surface area contributed by atoms with E-state index in [2.05, 4.69) is 188 Å². The SMILES string of the molecule is Cc1c(N(c2ccc(C3CCCCC3)cc2)c2ccc3c(c2)[C@]2(CCc4ccc(N(c5ccccc5)c5ccccc5)cc42)CC3)ccc2c1-c1ccccc1C2(C)C. The van der Waals surface area contributed by atoms with E-state index in [0.29, 0.717) is 5.92 Å². The van der Waals surface area contributed by atoms with E-state index in [1.54, 1.807) is 0 Å². The number of anilines is 6. The van der Waals surface area contributed by atoms with Gasteiger partial charge in [0.1, 0.15) is 0 Å². The van der Waals surface area contributed by atoms with Gasteiger partial charge in [-0.15, -0.1) is 0 Å². The molecular formula is C57H54N2. The third-order valence-electron chi connectivity index (χ3n) is 14.9. The first kappa shape index (κ1) is 36.2. The Hall–Kier alpha value is -5.86. The van der Waals surface area contributed by atoms with Crippen LogP contribution in [0.15, 0.2) is 158 Å². The van der Waals surface area contributed by atoms with Crippen molar-refractivity contribution in [2.24, 2.45) is 0 Å². The summed E-state index contributed by atoms with van der Waals surface area (Å²) in [6.07, 6.45) is 11.2. The second-order valence-electron chi connectivity index (χ2n) is 18.3. The first-order valence-corrected chi connectivity index (χ1v) is 22.2. The largest absolute Gasteiger partial charge is 0.310 e. The monoisotopic (exact) mass is 766 g/mol. The van der Waals surface area contributed by atoms with Crippen LogP contribution < -0.4 is 9.80 Å². The van der Waals surface area contributed by atoms with Crippen molar-refractivity contribution in [2.75, 3.05) is 9.80 Å². The van der Waals surface area contributed by atoms with E-state index in [9.17, 15) is 0 Å². The molecule has 1 fully saturated rings. The van der Waals surface area contributed by atoms with E-state index in [4.69, 9.17) is 0 Å². The lowest BCUT2D eigenvalue weighted by Crippen LogP contribution is -2.22. The van der Waals surface area contributed by atoms with Gasteiger partial charge in [0.2, 0.25) is 0 Å². The molecule has 2 nitrogen and oxygen atoms in total. The maximum Gasteiger partial charge on any atom is 0.0497 e. The molecule has 11 rings (SSSR count). The summed E-state index contributed by atoms with van der Waals surface area (Å²) >= 11 is 0. The van der Waals surface area contributed by atoms with Gasteiger partial charge in [0.25, 0.3) is 0 Å². The van der Waals surface area contributed by atoms with Crippen molar-refractivity contribution in [1.82, 2.24) is 0 Å². The topological polar surface area (TPSA) is 6.48 Å². The van der Waals surface area contributed by atoms with Gasteiger partial charge in [-0.05, 0) is 174 Å². The van der Waals surface area contributed by atoms with E-state index < -0.39 is 0 Å². The molecule has 59 heavy (non-hydrogen) atoms. The molecular weight excluding hydrogens is 713 g/mol. The van der Waals surface area contributed by atoms with Crippen LogP contribution in [0, 0.1) is 6.92 Å². The summed E-state index contributed by atoms with van der Waals surface area (Å²) in [6.45, 7) is 7.15. The molecule has 0 unspecified atom stereocenters. The van der Waals surface area contributed by atoms with E-state index in [0.717, 1.165) is 25.7 Å². The quantitative estimate of drug-likeness (QED) is 0.159. The smallest absolute Gasteiger partial charge is 0.0497 e. The zero-order valence-electron chi connectivity index (χ0n) is 34.8. The van der Waals surface area contributed by atoms with Crippen LogP contribution in [0.3, 0.4) is 0 Å². The minimum absolute atomic E-state index is 0.0117. The number of nitrogens with zero attached hydrogens (tertiary/aromatic N) is 2. The van der Waals surface area contributed by atoms with Gasteiger partial charge in [0, 0.05) is 45.0 Å². The van der Waals surface area contributed by atoms with Crippen molar-refractivity contribution < 1.29 is 0 Å². The van der Waals surface area contributed by atoms with Crippen LogP contribution in [0.25, 0.3) is 11.1 Å². The van der Waals surface area contributed by atoms with Gasteiger partial charge in [-0.25, -0.2) is 0 Å². The van der Waals surface area contributed by atoms with Gasteiger partial charge in [-0.1, -0.05) is 124 Å². The fourth-order valence-electron chi connectivity index (χ4n) is 11.8. The fraction of sp³-hybridized carbons (Fsp3) is 0.263. The molecule has 1 atom stereocenters. The fourth-order valence-corrected chi connectivity index (χ4v) is 11.8. The van der Waals surface area contributed by atoms with Crippen LogP contribution >= 0.6 is 0 Å². The van der Waals surface area contributed by atoms with Crippen molar-refractivity contribution in [2.45, 2.75) is 95.3 Å². The summed E-state index contributed by atoms with van der Waals surface area (Å²) in [6, 6.07) is 60.1. The average molecular weight is 767 g/mol. The third kappa shape index (κ3) is 5.81. The van der Waals surface area contributed by atoms with Crippen molar-refractivity contribution in [3.05, 3.63) is 202 Å². The van der Waals surface area contributed by atoms with E-state index >= 15 is 0 Å². The normalized spacial score (nSPS) is 18.6. The lowest BCUT2D eigenvalue weighted by Gasteiger charge is -2.32. The highest BCUT2D eigenvalue weighted by molar-refractivity contribution is 5.90. The van der Waals surface area contributed by atoms with E-state index in [1.807, 2.05) is 0 Å². The van der Waals surface area contributed by atoms with Crippen LogP contribution in [0.1, 0.15) is 109 Å². The third-order valence-corrected chi connectivity index (χ3v) is 14.9. The average Bonchev–Trinajstić information content (AvgIpc) is 3.92. The lowest BCUT2D eigenvalue weighted by molar-refractivity contribution is 0.443. The summed E-state index contributed by atoms with van der Waals surface area (Å²) in [5.74, 6) is 0.679. The summed E-state index contributed by atoms with van der Waals surface area (Å²) in [5.41, 5.74) is 21.8. The first-order valence-electron chi connectivity index (χ1n) is 22.2. The molecule has 0 heterocycles. The molecule has 7 aromatic rings. The second-order valence-corrected chi connectivity index (χ2v) is 18.3. The molecule has 292 valence electrons. The molecule has 0 aliphatic heterocycles. The Morgan fingerprint density at radius 2 is 1.02 bits per heavy atom. The van der Waals surface area contributed by atoms with Crippen LogP contribution in [-0.2, 0) is 23.7 Å². The Kier molecular flexibility index (Phi) is 8.70. The first-order chi connectivity index (χ1) is 28.9. The van der Waals surface area contributed by atoms with Gasteiger partial charge < -0.3 is 9.80 Å². The minimum atomic E-state index is -0.0348. The van der Waals surface area contributed by atoms with Gasteiger partial charge in [0.05, 0.1) is 0 Å². The number of para-hydroxylation sites is 2. The minimum Gasteiger partial charge on any atom is -0.310 e.